The number of benzene rings is 1. The molecule has 4 nitrogen and oxygen atoms in total. The average Bonchev–Trinajstić information content (AvgIpc) is 2.50. The van der Waals surface area contributed by atoms with Gasteiger partial charge in [-0.2, -0.15) is 0 Å². The van der Waals surface area contributed by atoms with Crippen molar-refractivity contribution < 1.29 is 19.1 Å². The summed E-state index contributed by atoms with van der Waals surface area (Å²) in [6, 6.07) is 8.90. The van der Waals surface area contributed by atoms with Gasteiger partial charge in [0.15, 0.2) is 11.6 Å². The number of rotatable bonds is 4. The smallest absolute Gasteiger partial charge is 0.341 e. The van der Waals surface area contributed by atoms with Crippen molar-refractivity contribution in [2.75, 3.05) is 6.61 Å². The summed E-state index contributed by atoms with van der Waals surface area (Å²) < 4.78 is 4.89. The molecule has 2 rings (SSSR count). The van der Waals surface area contributed by atoms with Crippen molar-refractivity contribution in [3.05, 3.63) is 47.5 Å². The van der Waals surface area contributed by atoms with Gasteiger partial charge in [-0.05, 0) is 20.3 Å². The third-order valence-corrected chi connectivity index (χ3v) is 3.68. The molecular formula is C17H18O4. The molecule has 0 aliphatic heterocycles. The van der Waals surface area contributed by atoms with Crippen LogP contribution in [0, 0.1) is 5.41 Å². The van der Waals surface area contributed by atoms with Crippen molar-refractivity contribution in [2.24, 2.45) is 5.41 Å². The maximum atomic E-state index is 12.6. The summed E-state index contributed by atoms with van der Waals surface area (Å²) >= 11 is 0. The van der Waals surface area contributed by atoms with Crippen LogP contribution in [0.5, 0.6) is 0 Å². The van der Waals surface area contributed by atoms with Crippen LogP contribution in [0.2, 0.25) is 0 Å². The quantitative estimate of drug-likeness (QED) is 0.485. The number of allylic oxidation sites excluding steroid dienone is 1. The van der Waals surface area contributed by atoms with E-state index in [1.54, 1.807) is 38.1 Å². The molecule has 0 N–H and O–H groups in total. The summed E-state index contributed by atoms with van der Waals surface area (Å²) in [6.45, 7) is 3.64. The highest BCUT2D eigenvalue weighted by atomic mass is 16.5. The van der Waals surface area contributed by atoms with E-state index in [2.05, 4.69) is 0 Å². The molecule has 1 aliphatic rings. The van der Waals surface area contributed by atoms with Gasteiger partial charge >= 0.3 is 5.97 Å². The molecule has 0 spiro atoms. The molecule has 21 heavy (non-hydrogen) atoms. The fourth-order valence-corrected chi connectivity index (χ4v) is 2.46. The summed E-state index contributed by atoms with van der Waals surface area (Å²) in [4.78, 5) is 36.4. The molecule has 4 heteroatoms. The highest BCUT2D eigenvalue weighted by Crippen LogP contribution is 2.35. The lowest BCUT2D eigenvalue weighted by Crippen LogP contribution is -2.33. The van der Waals surface area contributed by atoms with Crippen LogP contribution in [-0.4, -0.2) is 24.1 Å². The molecular weight excluding hydrogens is 268 g/mol. The lowest BCUT2D eigenvalue weighted by molar-refractivity contribution is -0.140. The summed E-state index contributed by atoms with van der Waals surface area (Å²) in [6.07, 6.45) is 2.06. The first-order valence-electron chi connectivity index (χ1n) is 7.01. The Kier molecular flexibility index (Phi) is 4.36. The lowest BCUT2D eigenvalue weighted by atomic mass is 9.72. The van der Waals surface area contributed by atoms with Crippen LogP contribution in [0.15, 0.2) is 42.0 Å². The predicted octanol–water partition coefficient (Wildman–Crippen LogP) is 2.73. The summed E-state index contributed by atoms with van der Waals surface area (Å²) in [7, 11) is 0. The number of carbonyl (C=O) groups excluding carboxylic acids is 3. The van der Waals surface area contributed by atoms with Crippen LogP contribution in [0.3, 0.4) is 0 Å². The van der Waals surface area contributed by atoms with Gasteiger partial charge in [0.1, 0.15) is 0 Å². The maximum absolute atomic E-state index is 12.6. The second-order valence-corrected chi connectivity index (χ2v) is 5.31. The van der Waals surface area contributed by atoms with Gasteiger partial charge in [-0.3, -0.25) is 9.59 Å². The molecule has 1 aromatic carbocycles. The van der Waals surface area contributed by atoms with Gasteiger partial charge < -0.3 is 4.74 Å². The third kappa shape index (κ3) is 3.10. The van der Waals surface area contributed by atoms with Crippen LogP contribution in [0.25, 0.3) is 0 Å². The van der Waals surface area contributed by atoms with Crippen molar-refractivity contribution in [1.82, 2.24) is 0 Å². The normalized spacial score (nSPS) is 21.6. The first-order valence-corrected chi connectivity index (χ1v) is 7.01. The van der Waals surface area contributed by atoms with Crippen LogP contribution in [0.1, 0.15) is 37.0 Å². The Morgan fingerprint density at radius 1 is 1.24 bits per heavy atom. The Labute approximate surface area is 123 Å². The second kappa shape index (κ2) is 6.04. The lowest BCUT2D eigenvalue weighted by Gasteiger charge is -2.29. The Hall–Kier alpha value is -2.23. The Bertz CT molecular complexity index is 600. The van der Waals surface area contributed by atoms with Gasteiger partial charge in [-0.1, -0.05) is 36.4 Å². The van der Waals surface area contributed by atoms with Crippen LogP contribution < -0.4 is 0 Å². The number of ketones is 2. The van der Waals surface area contributed by atoms with Crippen molar-refractivity contribution in [1.29, 1.82) is 0 Å². The highest BCUT2D eigenvalue weighted by molar-refractivity contribution is 6.19. The highest BCUT2D eigenvalue weighted by Gasteiger charge is 2.39. The van der Waals surface area contributed by atoms with E-state index in [1.807, 2.05) is 6.07 Å². The molecule has 0 radical (unpaired) electrons. The first-order chi connectivity index (χ1) is 9.98. The zero-order chi connectivity index (χ0) is 15.5. The van der Waals surface area contributed by atoms with Gasteiger partial charge in [-0.25, -0.2) is 4.79 Å². The monoisotopic (exact) mass is 286 g/mol. The summed E-state index contributed by atoms with van der Waals surface area (Å²) in [5.74, 6) is -0.988. The van der Waals surface area contributed by atoms with Crippen molar-refractivity contribution >= 4 is 17.5 Å². The van der Waals surface area contributed by atoms with Crippen molar-refractivity contribution in [2.45, 2.75) is 26.7 Å². The van der Waals surface area contributed by atoms with Crippen LogP contribution in [0.4, 0.5) is 0 Å². The standard InChI is InChI=1S/C17H18O4/c1-3-21-16(20)13-11-17(2,10-9-14(13)18)15(19)12-7-5-4-6-8-12/h4-8,11H,3,9-10H2,1-2H3. The molecule has 0 amide bonds. The molecule has 0 aromatic heterocycles. The fourth-order valence-electron chi connectivity index (χ4n) is 2.46. The maximum Gasteiger partial charge on any atom is 0.341 e. The molecule has 1 unspecified atom stereocenters. The second-order valence-electron chi connectivity index (χ2n) is 5.31. The van der Waals surface area contributed by atoms with Crippen molar-refractivity contribution in [3.63, 3.8) is 0 Å². The molecule has 0 saturated heterocycles. The van der Waals surface area contributed by atoms with Crippen LogP contribution in [-0.2, 0) is 14.3 Å². The molecule has 1 aliphatic carbocycles. The number of hydrogen-bond donors (Lipinski definition) is 0. The van der Waals surface area contributed by atoms with E-state index in [0.717, 1.165) is 0 Å². The van der Waals surface area contributed by atoms with E-state index in [-0.39, 0.29) is 30.2 Å². The van der Waals surface area contributed by atoms with Gasteiger partial charge in [0.05, 0.1) is 17.6 Å². The van der Waals surface area contributed by atoms with E-state index < -0.39 is 11.4 Å². The molecule has 0 saturated carbocycles. The SMILES string of the molecule is CCOC(=O)C1=CC(C)(C(=O)c2ccccc2)CCC1=O. The first kappa shape index (κ1) is 15.2. The minimum atomic E-state index is -0.850. The van der Waals surface area contributed by atoms with E-state index in [9.17, 15) is 14.4 Å². The molecule has 1 atom stereocenters. The Morgan fingerprint density at radius 2 is 1.90 bits per heavy atom. The van der Waals surface area contributed by atoms with E-state index in [4.69, 9.17) is 4.74 Å². The number of carbonyl (C=O) groups is 3. The zero-order valence-corrected chi connectivity index (χ0v) is 12.2. The number of esters is 1. The minimum Gasteiger partial charge on any atom is -0.462 e. The molecule has 110 valence electrons. The Balaban J connectivity index is 2.35. The summed E-state index contributed by atoms with van der Waals surface area (Å²) in [5.41, 5.74) is -0.277. The van der Waals surface area contributed by atoms with Gasteiger partial charge in [0.2, 0.25) is 0 Å². The van der Waals surface area contributed by atoms with Crippen LogP contribution >= 0.6 is 0 Å². The molecule has 0 bridgehead atoms. The molecule has 0 heterocycles. The fraction of sp³-hybridized carbons (Fsp3) is 0.353. The van der Waals surface area contributed by atoms with Gasteiger partial charge in [0.25, 0.3) is 0 Å². The number of Topliss-reactive ketones (excluding diaryl/α,β-unsaturated/α-hetero) is 2. The van der Waals surface area contributed by atoms with E-state index >= 15 is 0 Å². The van der Waals surface area contributed by atoms with E-state index in [1.165, 1.54) is 6.08 Å². The minimum absolute atomic E-state index is 0.00474. The van der Waals surface area contributed by atoms with E-state index in [0.29, 0.717) is 12.0 Å². The Morgan fingerprint density at radius 3 is 2.52 bits per heavy atom. The van der Waals surface area contributed by atoms with Gasteiger partial charge in [0, 0.05) is 12.0 Å². The molecule has 1 aromatic rings. The zero-order valence-electron chi connectivity index (χ0n) is 12.2. The van der Waals surface area contributed by atoms with Crippen molar-refractivity contribution in [3.8, 4) is 0 Å². The van der Waals surface area contributed by atoms with Gasteiger partial charge in [-0.15, -0.1) is 0 Å². The largest absolute Gasteiger partial charge is 0.462 e. The third-order valence-electron chi connectivity index (χ3n) is 3.68. The number of hydrogen-bond acceptors (Lipinski definition) is 4. The predicted molar refractivity (Wildman–Crippen MR) is 77.8 cm³/mol. The summed E-state index contributed by atoms with van der Waals surface area (Å²) in [5, 5.41) is 0. The molecule has 0 fully saturated rings. The number of ether oxygens (including phenoxy) is 1. The topological polar surface area (TPSA) is 60.4 Å². The average molecular weight is 286 g/mol.